The smallest absolute Gasteiger partial charge is 0.343 e. The maximum atomic E-state index is 12.9. The molecule has 2 N–H and O–H groups in total. The summed E-state index contributed by atoms with van der Waals surface area (Å²) in [6, 6.07) is 16.9. The number of hydrogen-bond donors (Lipinski definition) is 2. The number of nitrogens with zero attached hydrogens (tertiary/aromatic N) is 1. The number of carbonyl (C=O) groups excluding carboxylic acids is 3. The number of aryl methyl sites for hydroxylation is 1. The second kappa shape index (κ2) is 11.1. The van der Waals surface area contributed by atoms with Crippen molar-refractivity contribution in [3.63, 3.8) is 0 Å². The molecule has 0 aliphatic heterocycles. The number of hydrazone groups is 1. The summed E-state index contributed by atoms with van der Waals surface area (Å²) in [6.07, 6.45) is 1.32. The van der Waals surface area contributed by atoms with Crippen LogP contribution in [0.4, 0.5) is 4.39 Å². The van der Waals surface area contributed by atoms with E-state index < -0.39 is 23.6 Å². The Morgan fingerprint density at radius 3 is 2.36 bits per heavy atom. The van der Waals surface area contributed by atoms with Crippen LogP contribution in [0.2, 0.25) is 0 Å². The van der Waals surface area contributed by atoms with Gasteiger partial charge in [-0.2, -0.15) is 5.10 Å². The van der Waals surface area contributed by atoms with E-state index in [0.29, 0.717) is 11.1 Å². The molecule has 0 aliphatic carbocycles. The first-order valence-corrected chi connectivity index (χ1v) is 10.5. The van der Waals surface area contributed by atoms with Crippen LogP contribution >= 0.6 is 15.9 Å². The number of halogens is 2. The molecule has 33 heavy (non-hydrogen) atoms. The Hall–Kier alpha value is -3.85. The van der Waals surface area contributed by atoms with E-state index in [1.807, 2.05) is 19.1 Å². The van der Waals surface area contributed by atoms with Crippen molar-refractivity contribution >= 4 is 39.9 Å². The molecular weight excluding hydrogens is 493 g/mol. The summed E-state index contributed by atoms with van der Waals surface area (Å²) >= 11 is 3.34. The number of ether oxygens (including phenoxy) is 1. The van der Waals surface area contributed by atoms with Crippen LogP contribution in [0.25, 0.3) is 0 Å². The number of carbonyl (C=O) groups is 3. The van der Waals surface area contributed by atoms with Gasteiger partial charge in [-0.05, 0) is 61.5 Å². The standard InChI is InChI=1S/C24H19BrFN3O4/c1-15-2-4-17(5-3-15)24(32)33-21-11-8-19(25)12-18(21)13-28-29-22(30)14-27-23(31)16-6-9-20(26)10-7-16/h2-13H,14H2,1H3,(H,27,31)(H,29,30)/b28-13-. The Kier molecular flexibility index (Phi) is 8.04. The Morgan fingerprint density at radius 2 is 1.67 bits per heavy atom. The quantitative estimate of drug-likeness (QED) is 0.217. The van der Waals surface area contributed by atoms with Gasteiger partial charge < -0.3 is 10.1 Å². The first kappa shape index (κ1) is 23.8. The van der Waals surface area contributed by atoms with E-state index in [4.69, 9.17) is 4.74 Å². The van der Waals surface area contributed by atoms with Gasteiger partial charge in [0, 0.05) is 15.6 Å². The maximum Gasteiger partial charge on any atom is 0.343 e. The zero-order chi connectivity index (χ0) is 23.8. The predicted molar refractivity (Wildman–Crippen MR) is 125 cm³/mol. The minimum atomic E-state index is -0.574. The molecule has 0 saturated carbocycles. The van der Waals surface area contributed by atoms with Crippen molar-refractivity contribution in [2.24, 2.45) is 5.10 Å². The van der Waals surface area contributed by atoms with Gasteiger partial charge in [0.1, 0.15) is 11.6 Å². The van der Waals surface area contributed by atoms with Gasteiger partial charge in [0.2, 0.25) is 0 Å². The van der Waals surface area contributed by atoms with E-state index in [9.17, 15) is 18.8 Å². The van der Waals surface area contributed by atoms with Crippen molar-refractivity contribution in [3.8, 4) is 5.75 Å². The summed E-state index contributed by atoms with van der Waals surface area (Å²) in [5.74, 6) is -1.83. The second-order valence-corrected chi connectivity index (χ2v) is 7.84. The first-order chi connectivity index (χ1) is 15.8. The van der Waals surface area contributed by atoms with E-state index in [-0.39, 0.29) is 17.9 Å². The van der Waals surface area contributed by atoms with Crippen LogP contribution in [0.1, 0.15) is 31.8 Å². The molecule has 0 radical (unpaired) electrons. The average molecular weight is 512 g/mol. The highest BCUT2D eigenvalue weighted by Crippen LogP contribution is 2.23. The highest BCUT2D eigenvalue weighted by molar-refractivity contribution is 9.10. The van der Waals surface area contributed by atoms with Gasteiger partial charge in [-0.1, -0.05) is 33.6 Å². The number of rotatable bonds is 7. The summed E-state index contributed by atoms with van der Waals surface area (Å²) < 4.78 is 19.1. The van der Waals surface area contributed by atoms with Crippen molar-refractivity contribution in [2.75, 3.05) is 6.54 Å². The van der Waals surface area contributed by atoms with Gasteiger partial charge in [-0.3, -0.25) is 9.59 Å². The lowest BCUT2D eigenvalue weighted by atomic mass is 10.1. The van der Waals surface area contributed by atoms with Gasteiger partial charge in [0.15, 0.2) is 0 Å². The molecule has 7 nitrogen and oxygen atoms in total. The topological polar surface area (TPSA) is 96.9 Å². The lowest BCUT2D eigenvalue weighted by molar-refractivity contribution is -0.120. The molecule has 3 aromatic rings. The van der Waals surface area contributed by atoms with Crippen molar-refractivity contribution in [1.82, 2.24) is 10.7 Å². The van der Waals surface area contributed by atoms with E-state index in [1.165, 1.54) is 18.3 Å². The second-order valence-electron chi connectivity index (χ2n) is 6.92. The fourth-order valence-electron chi connectivity index (χ4n) is 2.64. The summed E-state index contributed by atoms with van der Waals surface area (Å²) in [4.78, 5) is 36.4. The molecule has 0 saturated heterocycles. The van der Waals surface area contributed by atoms with Crippen LogP contribution in [-0.2, 0) is 4.79 Å². The lowest BCUT2D eigenvalue weighted by Gasteiger charge is -2.08. The number of esters is 1. The van der Waals surface area contributed by atoms with Gasteiger partial charge in [-0.25, -0.2) is 14.6 Å². The minimum absolute atomic E-state index is 0.224. The van der Waals surface area contributed by atoms with Crippen molar-refractivity contribution in [1.29, 1.82) is 0 Å². The zero-order valence-electron chi connectivity index (χ0n) is 17.5. The number of hydrogen-bond acceptors (Lipinski definition) is 5. The molecule has 0 unspecified atom stereocenters. The molecule has 0 spiro atoms. The third-order valence-corrected chi connectivity index (χ3v) is 4.86. The van der Waals surface area contributed by atoms with Gasteiger partial charge in [-0.15, -0.1) is 0 Å². The predicted octanol–water partition coefficient (Wildman–Crippen LogP) is 4.00. The Morgan fingerprint density at radius 1 is 1.00 bits per heavy atom. The number of benzene rings is 3. The molecule has 0 aliphatic rings. The SMILES string of the molecule is Cc1ccc(C(=O)Oc2ccc(Br)cc2/C=N\NC(=O)CNC(=O)c2ccc(F)cc2)cc1. The van der Waals surface area contributed by atoms with E-state index in [2.05, 4.69) is 31.8 Å². The third kappa shape index (κ3) is 7.08. The highest BCUT2D eigenvalue weighted by atomic mass is 79.9. The Bertz CT molecular complexity index is 1200. The van der Waals surface area contributed by atoms with Gasteiger partial charge in [0.05, 0.1) is 18.3 Å². The zero-order valence-corrected chi connectivity index (χ0v) is 19.1. The molecule has 3 aromatic carbocycles. The van der Waals surface area contributed by atoms with Crippen molar-refractivity contribution in [2.45, 2.75) is 6.92 Å². The average Bonchev–Trinajstić information content (AvgIpc) is 2.80. The molecule has 0 aromatic heterocycles. The maximum absolute atomic E-state index is 12.9. The molecule has 3 rings (SSSR count). The normalized spacial score (nSPS) is 10.6. The lowest BCUT2D eigenvalue weighted by Crippen LogP contribution is -2.34. The summed E-state index contributed by atoms with van der Waals surface area (Å²) in [7, 11) is 0. The summed E-state index contributed by atoms with van der Waals surface area (Å²) in [5.41, 5.74) is 4.37. The van der Waals surface area contributed by atoms with Gasteiger partial charge >= 0.3 is 5.97 Å². The molecular formula is C24H19BrFN3O4. The molecule has 0 atom stereocenters. The Labute approximate surface area is 197 Å². The van der Waals surface area contributed by atoms with Crippen LogP contribution in [0.15, 0.2) is 76.3 Å². The molecule has 0 bridgehead atoms. The van der Waals surface area contributed by atoms with Crippen molar-refractivity contribution < 1.29 is 23.5 Å². The van der Waals surface area contributed by atoms with E-state index in [1.54, 1.807) is 30.3 Å². The number of nitrogens with one attached hydrogen (secondary N) is 2. The molecule has 9 heteroatoms. The molecule has 0 heterocycles. The van der Waals surface area contributed by atoms with Crippen LogP contribution in [0.3, 0.4) is 0 Å². The first-order valence-electron chi connectivity index (χ1n) is 9.76. The van der Waals surface area contributed by atoms with Gasteiger partial charge in [0.25, 0.3) is 11.8 Å². The molecule has 2 amide bonds. The fourth-order valence-corrected chi connectivity index (χ4v) is 3.02. The van der Waals surface area contributed by atoms with Crippen LogP contribution < -0.4 is 15.5 Å². The fraction of sp³-hybridized carbons (Fsp3) is 0.0833. The van der Waals surface area contributed by atoms with Crippen LogP contribution in [0, 0.1) is 12.7 Å². The minimum Gasteiger partial charge on any atom is -0.422 e. The highest BCUT2D eigenvalue weighted by Gasteiger charge is 2.12. The summed E-state index contributed by atoms with van der Waals surface area (Å²) in [5, 5.41) is 6.27. The van der Waals surface area contributed by atoms with Crippen LogP contribution in [0.5, 0.6) is 5.75 Å². The summed E-state index contributed by atoms with van der Waals surface area (Å²) in [6.45, 7) is 1.59. The van der Waals surface area contributed by atoms with E-state index >= 15 is 0 Å². The Balaban J connectivity index is 1.58. The van der Waals surface area contributed by atoms with Crippen molar-refractivity contribution in [3.05, 3.63) is 99.3 Å². The third-order valence-electron chi connectivity index (χ3n) is 4.37. The monoisotopic (exact) mass is 511 g/mol. The largest absolute Gasteiger partial charge is 0.422 e. The molecule has 168 valence electrons. The van der Waals surface area contributed by atoms with E-state index in [0.717, 1.165) is 22.2 Å². The molecule has 0 fully saturated rings. The van der Waals surface area contributed by atoms with Crippen LogP contribution in [-0.4, -0.2) is 30.5 Å². The number of amides is 2.